The second-order valence-electron chi connectivity index (χ2n) is 2.77. The van der Waals surface area contributed by atoms with E-state index in [0.29, 0.717) is 0 Å². The van der Waals surface area contributed by atoms with E-state index in [1.165, 1.54) is 7.11 Å². The summed E-state index contributed by atoms with van der Waals surface area (Å²) in [6.45, 7) is -0.0932. The Bertz CT molecular complexity index is 382. The lowest BCUT2D eigenvalue weighted by Gasteiger charge is -2.15. The number of hydrogen-bond donors (Lipinski definition) is 2. The number of aromatic nitrogens is 1. The fourth-order valence-corrected chi connectivity index (χ4v) is 1.06. The van der Waals surface area contributed by atoms with Crippen molar-refractivity contribution in [2.24, 2.45) is 5.73 Å². The van der Waals surface area contributed by atoms with Crippen molar-refractivity contribution >= 4 is 5.69 Å². The molecular formula is C8H10F3N3O2. The fourth-order valence-electron chi connectivity index (χ4n) is 1.06. The van der Waals surface area contributed by atoms with Crippen LogP contribution in [0.1, 0.15) is 5.69 Å². The molecule has 0 bridgehead atoms. The Morgan fingerprint density at radius 1 is 1.44 bits per heavy atom. The van der Waals surface area contributed by atoms with Crippen LogP contribution in [0, 0.1) is 0 Å². The number of nitrogens with two attached hydrogens (primary N) is 2. The minimum absolute atomic E-state index is 0.0932. The standard InChI is InChI=1S/C8H10F3N3O2/c1-15-5-3-14-4(2-12)6(13)7(5)16-8(9,10)11/h3H,2,12-13H2,1H3. The summed E-state index contributed by atoms with van der Waals surface area (Å²) in [6.07, 6.45) is -3.78. The number of ether oxygens (including phenoxy) is 2. The third-order valence-corrected chi connectivity index (χ3v) is 1.75. The Morgan fingerprint density at radius 2 is 2.06 bits per heavy atom. The van der Waals surface area contributed by atoms with Crippen molar-refractivity contribution < 1.29 is 22.6 Å². The largest absolute Gasteiger partial charge is 0.573 e. The molecule has 1 aromatic heterocycles. The van der Waals surface area contributed by atoms with Gasteiger partial charge in [-0.25, -0.2) is 0 Å². The molecule has 8 heteroatoms. The van der Waals surface area contributed by atoms with E-state index in [2.05, 4.69) is 14.5 Å². The molecule has 1 heterocycles. The second-order valence-corrected chi connectivity index (χ2v) is 2.77. The van der Waals surface area contributed by atoms with E-state index in [4.69, 9.17) is 11.5 Å². The van der Waals surface area contributed by atoms with Crippen molar-refractivity contribution in [1.82, 2.24) is 4.98 Å². The molecule has 0 saturated carbocycles. The molecule has 0 aliphatic rings. The third-order valence-electron chi connectivity index (χ3n) is 1.75. The molecule has 0 aromatic carbocycles. The van der Waals surface area contributed by atoms with Gasteiger partial charge in [-0.05, 0) is 0 Å². The summed E-state index contributed by atoms with van der Waals surface area (Å²) in [5.74, 6) is -0.822. The number of rotatable bonds is 3. The van der Waals surface area contributed by atoms with Crippen LogP contribution in [0.25, 0.3) is 0 Å². The maximum absolute atomic E-state index is 12.1. The highest BCUT2D eigenvalue weighted by Gasteiger charge is 2.34. The van der Waals surface area contributed by atoms with Crippen molar-refractivity contribution in [3.05, 3.63) is 11.9 Å². The Labute approximate surface area is 89.1 Å². The van der Waals surface area contributed by atoms with Crippen LogP contribution < -0.4 is 20.9 Å². The summed E-state index contributed by atoms with van der Waals surface area (Å²) in [7, 11) is 1.18. The Balaban J connectivity index is 3.21. The summed E-state index contributed by atoms with van der Waals surface area (Å²) in [4.78, 5) is 3.74. The SMILES string of the molecule is COc1cnc(CN)c(N)c1OC(F)(F)F. The van der Waals surface area contributed by atoms with Gasteiger partial charge in [0.05, 0.1) is 19.0 Å². The molecule has 0 amide bonds. The first-order valence-corrected chi connectivity index (χ1v) is 4.16. The van der Waals surface area contributed by atoms with Gasteiger partial charge in [-0.15, -0.1) is 13.2 Å². The van der Waals surface area contributed by atoms with Gasteiger partial charge in [0.1, 0.15) is 5.69 Å². The summed E-state index contributed by atoms with van der Waals surface area (Å²) in [5, 5.41) is 0. The molecule has 0 aliphatic carbocycles. The number of methoxy groups -OCH3 is 1. The molecule has 0 radical (unpaired) electrons. The molecule has 0 saturated heterocycles. The van der Waals surface area contributed by atoms with Crippen LogP contribution in [-0.2, 0) is 6.54 Å². The summed E-state index contributed by atoms with van der Waals surface area (Å²) in [6, 6.07) is 0. The van der Waals surface area contributed by atoms with Gasteiger partial charge in [-0.3, -0.25) is 4.98 Å². The van der Waals surface area contributed by atoms with E-state index in [9.17, 15) is 13.2 Å². The lowest BCUT2D eigenvalue weighted by molar-refractivity contribution is -0.274. The smallest absolute Gasteiger partial charge is 0.491 e. The van der Waals surface area contributed by atoms with Crippen LogP contribution in [0.3, 0.4) is 0 Å². The number of halogens is 3. The fraction of sp³-hybridized carbons (Fsp3) is 0.375. The van der Waals surface area contributed by atoms with E-state index < -0.39 is 12.1 Å². The topological polar surface area (TPSA) is 83.4 Å². The first kappa shape index (κ1) is 12.4. The predicted molar refractivity (Wildman–Crippen MR) is 49.8 cm³/mol. The van der Waals surface area contributed by atoms with Gasteiger partial charge in [0.2, 0.25) is 0 Å². The summed E-state index contributed by atoms with van der Waals surface area (Å²) < 4.78 is 44.7. The quantitative estimate of drug-likeness (QED) is 0.820. The molecule has 90 valence electrons. The van der Waals surface area contributed by atoms with E-state index in [0.717, 1.165) is 6.20 Å². The van der Waals surface area contributed by atoms with Crippen LogP contribution >= 0.6 is 0 Å². The zero-order valence-corrected chi connectivity index (χ0v) is 8.34. The summed E-state index contributed by atoms with van der Waals surface area (Å²) >= 11 is 0. The number of pyridine rings is 1. The molecule has 0 atom stereocenters. The molecule has 0 spiro atoms. The van der Waals surface area contributed by atoms with E-state index in [-0.39, 0.29) is 23.7 Å². The van der Waals surface area contributed by atoms with Crippen molar-refractivity contribution in [2.45, 2.75) is 12.9 Å². The van der Waals surface area contributed by atoms with Crippen molar-refractivity contribution in [2.75, 3.05) is 12.8 Å². The second kappa shape index (κ2) is 4.44. The molecule has 5 nitrogen and oxygen atoms in total. The van der Waals surface area contributed by atoms with Crippen molar-refractivity contribution in [3.8, 4) is 11.5 Å². The highest BCUT2D eigenvalue weighted by atomic mass is 19.4. The lowest BCUT2D eigenvalue weighted by atomic mass is 10.2. The van der Waals surface area contributed by atoms with E-state index >= 15 is 0 Å². The minimum atomic E-state index is -4.85. The highest BCUT2D eigenvalue weighted by Crippen LogP contribution is 2.37. The molecule has 0 fully saturated rings. The van der Waals surface area contributed by atoms with Gasteiger partial charge in [0.15, 0.2) is 11.5 Å². The first-order chi connectivity index (χ1) is 7.39. The molecule has 0 unspecified atom stereocenters. The zero-order valence-electron chi connectivity index (χ0n) is 8.34. The highest BCUT2D eigenvalue weighted by molar-refractivity contribution is 5.62. The molecular weight excluding hydrogens is 227 g/mol. The van der Waals surface area contributed by atoms with Crippen LogP contribution in [0.5, 0.6) is 11.5 Å². The lowest BCUT2D eigenvalue weighted by Crippen LogP contribution is -2.19. The Morgan fingerprint density at radius 3 is 2.50 bits per heavy atom. The van der Waals surface area contributed by atoms with Gasteiger partial charge in [-0.2, -0.15) is 0 Å². The number of alkyl halides is 3. The molecule has 1 rings (SSSR count). The van der Waals surface area contributed by atoms with Crippen LogP contribution in [0.2, 0.25) is 0 Å². The summed E-state index contributed by atoms with van der Waals surface area (Å²) in [5.41, 5.74) is 10.5. The normalized spacial score (nSPS) is 11.3. The van der Waals surface area contributed by atoms with Crippen molar-refractivity contribution in [3.63, 3.8) is 0 Å². The number of hydrogen-bond acceptors (Lipinski definition) is 5. The van der Waals surface area contributed by atoms with Crippen molar-refractivity contribution in [1.29, 1.82) is 0 Å². The average Bonchev–Trinajstić information content (AvgIpc) is 2.19. The predicted octanol–water partition coefficient (Wildman–Crippen LogP) is 1.03. The van der Waals surface area contributed by atoms with Gasteiger partial charge < -0.3 is 20.9 Å². The van der Waals surface area contributed by atoms with E-state index in [1.807, 2.05) is 0 Å². The Kier molecular flexibility index (Phi) is 3.43. The van der Waals surface area contributed by atoms with Crippen LogP contribution in [0.4, 0.5) is 18.9 Å². The molecule has 0 aliphatic heterocycles. The maximum Gasteiger partial charge on any atom is 0.573 e. The minimum Gasteiger partial charge on any atom is -0.491 e. The molecule has 16 heavy (non-hydrogen) atoms. The number of nitrogen functional groups attached to an aromatic ring is 1. The van der Waals surface area contributed by atoms with Crippen LogP contribution in [0.15, 0.2) is 6.20 Å². The zero-order chi connectivity index (χ0) is 12.3. The maximum atomic E-state index is 12.1. The van der Waals surface area contributed by atoms with Gasteiger partial charge in [0, 0.05) is 6.54 Å². The molecule has 1 aromatic rings. The van der Waals surface area contributed by atoms with Gasteiger partial charge in [0.25, 0.3) is 0 Å². The number of anilines is 1. The number of nitrogens with zero attached hydrogens (tertiary/aromatic N) is 1. The molecule has 4 N–H and O–H groups in total. The van der Waals surface area contributed by atoms with E-state index in [1.54, 1.807) is 0 Å². The Hall–Kier alpha value is -1.70. The monoisotopic (exact) mass is 237 g/mol. The van der Waals surface area contributed by atoms with Crippen LogP contribution in [-0.4, -0.2) is 18.5 Å². The van der Waals surface area contributed by atoms with Gasteiger partial charge in [-0.1, -0.05) is 0 Å². The average molecular weight is 237 g/mol. The van der Waals surface area contributed by atoms with Gasteiger partial charge >= 0.3 is 6.36 Å². The first-order valence-electron chi connectivity index (χ1n) is 4.16. The third kappa shape index (κ3) is 2.66.